The molecule has 5 aromatic carbocycles. The van der Waals surface area contributed by atoms with Crippen LogP contribution in [0.15, 0.2) is 163 Å². The highest BCUT2D eigenvalue weighted by molar-refractivity contribution is 6.20. The predicted octanol–water partition coefficient (Wildman–Crippen LogP) is 8.32. The van der Waals surface area contributed by atoms with Crippen LogP contribution in [0.3, 0.4) is 0 Å². The van der Waals surface area contributed by atoms with E-state index in [0.29, 0.717) is 47.6 Å². The largest absolute Gasteiger partial charge is 0.306 e. The summed E-state index contributed by atoms with van der Waals surface area (Å²) in [6.45, 7) is 4.84. The van der Waals surface area contributed by atoms with Crippen molar-refractivity contribution >= 4 is 79.0 Å². The van der Waals surface area contributed by atoms with Crippen LogP contribution in [0.25, 0.3) is 67.6 Å². The molecule has 0 spiro atoms. The van der Waals surface area contributed by atoms with Gasteiger partial charge in [-0.15, -0.1) is 0 Å². The maximum Gasteiger partial charge on any atom is 0.243 e. The molecular formula is C43H28N12. The summed E-state index contributed by atoms with van der Waals surface area (Å²) in [4.78, 5) is 35.5. The number of hydrogen-bond donors (Lipinski definition) is 0. The summed E-state index contributed by atoms with van der Waals surface area (Å²) in [5.41, 5.74) is 9.97. The van der Waals surface area contributed by atoms with E-state index in [0.717, 1.165) is 55.5 Å². The molecule has 2 aliphatic heterocycles. The van der Waals surface area contributed by atoms with E-state index in [-0.39, 0.29) is 0 Å². The fraction of sp³-hybridized carbons (Fsp3) is 0.0233. The Bertz CT molecular complexity index is 3190. The van der Waals surface area contributed by atoms with Crippen molar-refractivity contribution in [2.45, 2.75) is 0 Å². The lowest BCUT2D eigenvalue weighted by molar-refractivity contribution is 0.868. The first-order chi connectivity index (χ1) is 27.2. The zero-order valence-corrected chi connectivity index (χ0v) is 29.1. The molecule has 5 aromatic heterocycles. The molecule has 12 heteroatoms. The lowest BCUT2D eigenvalue weighted by Gasteiger charge is -2.22. The number of rotatable bonds is 3. The molecule has 7 heterocycles. The van der Waals surface area contributed by atoms with Gasteiger partial charge in [0.15, 0.2) is 0 Å². The van der Waals surface area contributed by atoms with Gasteiger partial charge in [0.2, 0.25) is 35.4 Å². The van der Waals surface area contributed by atoms with E-state index < -0.39 is 0 Å². The van der Waals surface area contributed by atoms with Gasteiger partial charge in [0.25, 0.3) is 0 Å². The summed E-state index contributed by atoms with van der Waals surface area (Å²) < 4.78 is 8.36. The molecule has 0 saturated carbocycles. The number of aromatic nitrogens is 9. The van der Waals surface area contributed by atoms with Gasteiger partial charge < -0.3 is 4.90 Å². The number of allylic oxidation sites excluding steroid dienone is 3. The molecule has 2 aliphatic rings. The van der Waals surface area contributed by atoms with Crippen molar-refractivity contribution in [1.29, 1.82) is 0 Å². The zero-order chi connectivity index (χ0) is 36.2. The second-order valence-corrected chi connectivity index (χ2v) is 13.5. The number of imidazole rings is 4. The molecular weight excluding hydrogens is 685 g/mol. The van der Waals surface area contributed by atoms with Crippen molar-refractivity contribution in [1.82, 2.24) is 42.9 Å². The minimum atomic E-state index is 0.382. The van der Waals surface area contributed by atoms with E-state index >= 15 is 0 Å². The van der Waals surface area contributed by atoms with Gasteiger partial charge in [0.05, 0.1) is 61.2 Å². The van der Waals surface area contributed by atoms with Gasteiger partial charge in [-0.25, -0.2) is 29.0 Å². The number of fused-ring (bicyclic) bond motifs is 13. The lowest BCUT2D eigenvalue weighted by atomic mass is 10.2. The zero-order valence-electron chi connectivity index (χ0n) is 29.1. The summed E-state index contributed by atoms with van der Waals surface area (Å²) in [5.74, 6) is 3.18. The second-order valence-electron chi connectivity index (χ2n) is 13.5. The monoisotopic (exact) mass is 712 g/mol. The smallest absolute Gasteiger partial charge is 0.243 e. The Morgan fingerprint density at radius 2 is 0.964 bits per heavy atom. The summed E-state index contributed by atoms with van der Waals surface area (Å²) >= 11 is 0. The third-order valence-corrected chi connectivity index (χ3v) is 10.3. The fourth-order valence-electron chi connectivity index (χ4n) is 8.02. The van der Waals surface area contributed by atoms with Crippen LogP contribution in [0.4, 0.5) is 17.3 Å². The molecule has 260 valence electrons. The molecule has 0 amide bonds. The van der Waals surface area contributed by atoms with Gasteiger partial charge in [-0.1, -0.05) is 85.5 Å². The molecule has 0 saturated heterocycles. The molecule has 12 rings (SSSR count). The van der Waals surface area contributed by atoms with E-state index in [2.05, 4.69) is 74.9 Å². The summed E-state index contributed by atoms with van der Waals surface area (Å²) in [6.07, 6.45) is 7.97. The van der Waals surface area contributed by atoms with Gasteiger partial charge in [-0.05, 0) is 66.7 Å². The number of aliphatic imine (C=N–C) groups is 1. The van der Waals surface area contributed by atoms with E-state index in [4.69, 9.17) is 29.9 Å². The van der Waals surface area contributed by atoms with Crippen LogP contribution < -0.4 is 9.80 Å². The fourth-order valence-corrected chi connectivity index (χ4v) is 8.02. The van der Waals surface area contributed by atoms with Crippen LogP contribution in [0.5, 0.6) is 0 Å². The van der Waals surface area contributed by atoms with Crippen LogP contribution >= 0.6 is 0 Å². The van der Waals surface area contributed by atoms with Crippen molar-refractivity contribution in [2.24, 2.45) is 4.99 Å². The Morgan fingerprint density at radius 1 is 0.473 bits per heavy atom. The topological polar surface area (TPSA) is 102 Å². The minimum Gasteiger partial charge on any atom is -0.306 e. The standard InChI is InChI=1S/C43H28N12/c1-27-15-3-2-14-26-50-32-20-8-9-21-33(32)53(41(50)44-27)38-47-39(54-36-24-12-10-22-34(36)51-30-18-6-4-16-28(30)45-42(51)54)49-40(48-38)55-37-25-13-11-23-35(37)52-31-19-7-5-17-29(31)46-43(52)55/h2-25H,1,26H2/b14-2-,15-3-,44-41+. The lowest BCUT2D eigenvalue weighted by Crippen LogP contribution is -2.37. The first-order valence-electron chi connectivity index (χ1n) is 18.0. The van der Waals surface area contributed by atoms with Crippen LogP contribution in [0.2, 0.25) is 0 Å². The highest BCUT2D eigenvalue weighted by Crippen LogP contribution is 2.42. The Kier molecular flexibility index (Phi) is 5.98. The maximum atomic E-state index is 5.33. The average Bonchev–Trinajstić information content (AvgIpc) is 4.01. The van der Waals surface area contributed by atoms with Crippen LogP contribution in [-0.4, -0.2) is 55.4 Å². The number of guanidine groups is 1. The molecule has 12 nitrogen and oxygen atoms in total. The molecule has 10 aromatic rings. The highest BCUT2D eigenvalue weighted by atomic mass is 15.5. The molecule has 0 N–H and O–H groups in total. The molecule has 0 aliphatic carbocycles. The normalized spacial score (nSPS) is 16.5. The quantitative estimate of drug-likeness (QED) is 0.182. The minimum absolute atomic E-state index is 0.382. The second kappa shape index (κ2) is 11.1. The molecule has 0 atom stereocenters. The number of anilines is 3. The molecule has 0 bridgehead atoms. The first-order valence-corrected chi connectivity index (χ1v) is 18.0. The SMILES string of the molecule is C=C1/C=C\C=C/CN2/C(=N\1)N(c1nc(-n3c4ccccc4n4c5ccccc5nc34)nc(-n3c4ccccc4n4c5ccccc5nc34)n1)c1ccccc12. The highest BCUT2D eigenvalue weighted by Gasteiger charge is 2.36. The van der Waals surface area contributed by atoms with Gasteiger partial charge in [0.1, 0.15) is 0 Å². The predicted molar refractivity (Wildman–Crippen MR) is 217 cm³/mol. The Hall–Kier alpha value is -7.86. The maximum absolute atomic E-state index is 5.33. The van der Waals surface area contributed by atoms with Crippen LogP contribution in [0, 0.1) is 0 Å². The van der Waals surface area contributed by atoms with E-state index in [1.165, 1.54) is 0 Å². The third-order valence-electron chi connectivity index (χ3n) is 10.3. The van der Waals surface area contributed by atoms with Crippen LogP contribution in [0.1, 0.15) is 0 Å². The number of nitrogens with zero attached hydrogens (tertiary/aromatic N) is 12. The van der Waals surface area contributed by atoms with Crippen molar-refractivity contribution < 1.29 is 0 Å². The molecule has 55 heavy (non-hydrogen) atoms. The van der Waals surface area contributed by atoms with E-state index in [1.807, 2.05) is 105 Å². The van der Waals surface area contributed by atoms with Gasteiger partial charge in [-0.3, -0.25) is 8.80 Å². The number of para-hydroxylation sites is 10. The van der Waals surface area contributed by atoms with Gasteiger partial charge >= 0.3 is 0 Å². The Morgan fingerprint density at radius 3 is 1.56 bits per heavy atom. The van der Waals surface area contributed by atoms with Gasteiger partial charge in [0, 0.05) is 6.54 Å². The summed E-state index contributed by atoms with van der Waals surface area (Å²) in [7, 11) is 0. The molecule has 0 radical (unpaired) electrons. The van der Waals surface area contributed by atoms with E-state index in [9.17, 15) is 0 Å². The van der Waals surface area contributed by atoms with Crippen LogP contribution in [-0.2, 0) is 0 Å². The summed E-state index contributed by atoms with van der Waals surface area (Å²) in [5, 5.41) is 0. The van der Waals surface area contributed by atoms with Crippen molar-refractivity contribution in [3.63, 3.8) is 0 Å². The van der Waals surface area contributed by atoms with Crippen molar-refractivity contribution in [3.05, 3.63) is 158 Å². The van der Waals surface area contributed by atoms with Crippen molar-refractivity contribution in [3.8, 4) is 11.9 Å². The Labute approximate surface area is 312 Å². The molecule has 0 unspecified atom stereocenters. The van der Waals surface area contributed by atoms with Gasteiger partial charge in [-0.2, -0.15) is 15.0 Å². The first kappa shape index (κ1) is 29.7. The molecule has 0 fully saturated rings. The van der Waals surface area contributed by atoms with Crippen molar-refractivity contribution in [2.75, 3.05) is 16.3 Å². The number of benzene rings is 5. The summed E-state index contributed by atoms with van der Waals surface area (Å²) in [6, 6.07) is 41.0. The number of hydrogen-bond acceptors (Lipinski definition) is 8. The third kappa shape index (κ3) is 4.15. The van der Waals surface area contributed by atoms with E-state index in [1.54, 1.807) is 0 Å². The average molecular weight is 713 g/mol. The Balaban J connectivity index is 1.21.